The van der Waals surface area contributed by atoms with E-state index in [4.69, 9.17) is 4.74 Å². The number of methoxy groups -OCH3 is 1. The first-order chi connectivity index (χ1) is 15.1. The van der Waals surface area contributed by atoms with E-state index in [1.54, 1.807) is 19.2 Å². The van der Waals surface area contributed by atoms with E-state index in [1.807, 2.05) is 54.0 Å². The van der Waals surface area contributed by atoms with Gasteiger partial charge in [0.15, 0.2) is 11.0 Å². The Bertz CT molecular complexity index is 1020. The number of ether oxygens (including phenoxy) is 1. The van der Waals surface area contributed by atoms with E-state index in [2.05, 4.69) is 20.8 Å². The second-order valence-corrected chi connectivity index (χ2v) is 7.59. The Labute approximate surface area is 185 Å². The molecule has 0 spiro atoms. The molecule has 0 fully saturated rings. The van der Waals surface area contributed by atoms with E-state index in [0.29, 0.717) is 35.4 Å². The van der Waals surface area contributed by atoms with Crippen molar-refractivity contribution in [2.24, 2.45) is 0 Å². The molecule has 3 rings (SSSR count). The highest BCUT2D eigenvalue weighted by Gasteiger charge is 2.14. The molecule has 162 valence electrons. The average Bonchev–Trinajstić information content (AvgIpc) is 3.19. The predicted octanol–water partition coefficient (Wildman–Crippen LogP) is 2.90. The second kappa shape index (κ2) is 11.2. The van der Waals surface area contributed by atoms with Gasteiger partial charge in [-0.15, -0.1) is 10.2 Å². The molecule has 9 heteroatoms. The first-order valence-electron chi connectivity index (χ1n) is 9.88. The molecule has 31 heavy (non-hydrogen) atoms. The van der Waals surface area contributed by atoms with Crippen molar-refractivity contribution in [3.8, 4) is 5.75 Å². The van der Waals surface area contributed by atoms with Crippen LogP contribution in [-0.2, 0) is 29.1 Å². The Kier molecular flexibility index (Phi) is 8.05. The highest BCUT2D eigenvalue weighted by atomic mass is 32.2. The third-order valence-corrected chi connectivity index (χ3v) is 5.41. The summed E-state index contributed by atoms with van der Waals surface area (Å²) in [5, 5.41) is 14.7. The van der Waals surface area contributed by atoms with Crippen molar-refractivity contribution in [3.05, 3.63) is 66.0 Å². The van der Waals surface area contributed by atoms with Crippen LogP contribution < -0.4 is 15.4 Å². The van der Waals surface area contributed by atoms with Crippen LogP contribution in [0.5, 0.6) is 5.75 Å². The standard InChI is InChI=1S/C22H25N5O3S/c1-3-27-19(14-23-20(28)12-16-8-5-4-6-9-16)25-26-22(27)31-15-21(29)24-17-10-7-11-18(13-17)30-2/h4-11,13H,3,12,14-15H2,1-2H3,(H,23,28)(H,24,29). The molecule has 0 aliphatic carbocycles. The average molecular weight is 440 g/mol. The molecule has 0 bridgehead atoms. The molecule has 0 saturated carbocycles. The van der Waals surface area contributed by atoms with Crippen LogP contribution in [0.15, 0.2) is 59.8 Å². The normalized spacial score (nSPS) is 10.5. The van der Waals surface area contributed by atoms with Crippen molar-refractivity contribution in [2.45, 2.75) is 31.6 Å². The fourth-order valence-corrected chi connectivity index (χ4v) is 3.74. The summed E-state index contributed by atoms with van der Waals surface area (Å²) in [5.41, 5.74) is 1.62. The lowest BCUT2D eigenvalue weighted by molar-refractivity contribution is -0.120. The molecular formula is C22H25N5O3S. The van der Waals surface area contributed by atoms with Crippen LogP contribution in [0, 0.1) is 0 Å². The maximum absolute atomic E-state index is 12.3. The molecular weight excluding hydrogens is 414 g/mol. The fraction of sp³-hybridized carbons (Fsp3) is 0.273. The van der Waals surface area contributed by atoms with Crippen LogP contribution in [-0.4, -0.2) is 39.4 Å². The van der Waals surface area contributed by atoms with Crippen molar-refractivity contribution in [2.75, 3.05) is 18.2 Å². The summed E-state index contributed by atoms with van der Waals surface area (Å²) in [4.78, 5) is 24.5. The molecule has 1 heterocycles. The molecule has 0 atom stereocenters. The minimum atomic E-state index is -0.151. The number of carbonyl (C=O) groups excluding carboxylic acids is 2. The molecule has 8 nitrogen and oxygen atoms in total. The fourth-order valence-electron chi connectivity index (χ4n) is 2.92. The molecule has 2 aromatic carbocycles. The summed E-state index contributed by atoms with van der Waals surface area (Å²) in [6.45, 7) is 2.89. The third-order valence-electron chi connectivity index (χ3n) is 4.45. The largest absolute Gasteiger partial charge is 0.497 e. The Morgan fingerprint density at radius 3 is 2.61 bits per heavy atom. The Morgan fingerprint density at radius 2 is 1.87 bits per heavy atom. The van der Waals surface area contributed by atoms with E-state index in [9.17, 15) is 9.59 Å². The second-order valence-electron chi connectivity index (χ2n) is 6.65. The van der Waals surface area contributed by atoms with Crippen molar-refractivity contribution >= 4 is 29.3 Å². The lowest BCUT2D eigenvalue weighted by Gasteiger charge is -2.09. The number of hydrogen-bond acceptors (Lipinski definition) is 6. The van der Waals surface area contributed by atoms with Gasteiger partial charge in [0.1, 0.15) is 5.75 Å². The lowest BCUT2D eigenvalue weighted by Crippen LogP contribution is -2.26. The molecule has 0 aliphatic rings. The van der Waals surface area contributed by atoms with Gasteiger partial charge < -0.3 is 19.9 Å². The molecule has 0 unspecified atom stereocenters. The Balaban J connectivity index is 1.52. The van der Waals surface area contributed by atoms with Crippen molar-refractivity contribution in [1.29, 1.82) is 0 Å². The van der Waals surface area contributed by atoms with E-state index in [0.717, 1.165) is 5.56 Å². The van der Waals surface area contributed by atoms with Gasteiger partial charge in [-0.3, -0.25) is 9.59 Å². The Morgan fingerprint density at radius 1 is 1.06 bits per heavy atom. The third kappa shape index (κ3) is 6.58. The van der Waals surface area contributed by atoms with E-state index < -0.39 is 0 Å². The number of aromatic nitrogens is 3. The van der Waals surface area contributed by atoms with Gasteiger partial charge >= 0.3 is 0 Å². The van der Waals surface area contributed by atoms with Gasteiger partial charge in [0.25, 0.3) is 0 Å². The van der Waals surface area contributed by atoms with Crippen molar-refractivity contribution < 1.29 is 14.3 Å². The first-order valence-corrected chi connectivity index (χ1v) is 10.9. The van der Waals surface area contributed by atoms with E-state index >= 15 is 0 Å². The predicted molar refractivity (Wildman–Crippen MR) is 120 cm³/mol. The van der Waals surface area contributed by atoms with E-state index in [1.165, 1.54) is 11.8 Å². The van der Waals surface area contributed by atoms with Crippen LogP contribution in [0.2, 0.25) is 0 Å². The summed E-state index contributed by atoms with van der Waals surface area (Å²) < 4.78 is 7.06. The van der Waals surface area contributed by atoms with Gasteiger partial charge in [-0.2, -0.15) is 0 Å². The molecule has 0 saturated heterocycles. The molecule has 3 aromatic rings. The van der Waals surface area contributed by atoms with Gasteiger partial charge in [-0.05, 0) is 24.6 Å². The maximum atomic E-state index is 12.3. The zero-order valence-corrected chi connectivity index (χ0v) is 18.3. The highest BCUT2D eigenvalue weighted by molar-refractivity contribution is 7.99. The number of rotatable bonds is 10. The zero-order valence-electron chi connectivity index (χ0n) is 17.5. The molecule has 0 aliphatic heterocycles. The number of thioether (sulfide) groups is 1. The smallest absolute Gasteiger partial charge is 0.234 e. The lowest BCUT2D eigenvalue weighted by atomic mass is 10.1. The van der Waals surface area contributed by atoms with Gasteiger partial charge in [0.2, 0.25) is 11.8 Å². The molecule has 2 N–H and O–H groups in total. The van der Waals surface area contributed by atoms with E-state index in [-0.39, 0.29) is 24.1 Å². The monoisotopic (exact) mass is 439 g/mol. The number of anilines is 1. The molecule has 1 aromatic heterocycles. The number of nitrogens with one attached hydrogen (secondary N) is 2. The van der Waals surface area contributed by atoms with Crippen LogP contribution in [0.1, 0.15) is 18.3 Å². The number of benzene rings is 2. The minimum absolute atomic E-state index is 0.0799. The zero-order chi connectivity index (χ0) is 22.1. The summed E-state index contributed by atoms with van der Waals surface area (Å²) in [6, 6.07) is 16.7. The van der Waals surface area contributed by atoms with Crippen LogP contribution in [0.3, 0.4) is 0 Å². The van der Waals surface area contributed by atoms with Gasteiger partial charge in [-0.1, -0.05) is 48.2 Å². The van der Waals surface area contributed by atoms with Crippen LogP contribution in [0.4, 0.5) is 5.69 Å². The highest BCUT2D eigenvalue weighted by Crippen LogP contribution is 2.19. The molecule has 2 amide bonds. The summed E-state index contributed by atoms with van der Waals surface area (Å²) >= 11 is 1.30. The van der Waals surface area contributed by atoms with Gasteiger partial charge in [0, 0.05) is 18.3 Å². The SMILES string of the molecule is CCn1c(CNC(=O)Cc2ccccc2)nnc1SCC(=O)Nc1cccc(OC)c1. The maximum Gasteiger partial charge on any atom is 0.234 e. The van der Waals surface area contributed by atoms with Crippen LogP contribution >= 0.6 is 11.8 Å². The van der Waals surface area contributed by atoms with Crippen LogP contribution in [0.25, 0.3) is 0 Å². The summed E-state index contributed by atoms with van der Waals surface area (Å²) in [7, 11) is 1.58. The van der Waals surface area contributed by atoms with Crippen molar-refractivity contribution in [1.82, 2.24) is 20.1 Å². The number of carbonyl (C=O) groups is 2. The molecule has 0 radical (unpaired) electrons. The topological polar surface area (TPSA) is 98.1 Å². The number of amides is 2. The van der Waals surface area contributed by atoms with Crippen molar-refractivity contribution in [3.63, 3.8) is 0 Å². The van der Waals surface area contributed by atoms with Gasteiger partial charge in [0.05, 0.1) is 25.8 Å². The van der Waals surface area contributed by atoms with Gasteiger partial charge in [-0.25, -0.2) is 0 Å². The Hall–Kier alpha value is -3.33. The first kappa shape index (κ1) is 22.4. The quantitative estimate of drug-likeness (QED) is 0.472. The minimum Gasteiger partial charge on any atom is -0.497 e. The summed E-state index contributed by atoms with van der Waals surface area (Å²) in [5.74, 6) is 1.29. The number of hydrogen-bond donors (Lipinski definition) is 2. The summed E-state index contributed by atoms with van der Waals surface area (Å²) in [6.07, 6.45) is 0.313. The number of nitrogens with zero attached hydrogens (tertiary/aromatic N) is 3.